The third-order valence-electron chi connectivity index (χ3n) is 4.27. The summed E-state index contributed by atoms with van der Waals surface area (Å²) in [5.74, 6) is -3.82. The molecular formula is C19H25N7O10S2. The summed E-state index contributed by atoms with van der Waals surface area (Å²) in [6.07, 6.45) is -0.524. The van der Waals surface area contributed by atoms with Crippen molar-refractivity contribution in [1.29, 1.82) is 0 Å². The number of nitrogens with zero attached hydrogens (tertiary/aromatic N) is 2. The molecule has 0 fully saturated rings. The van der Waals surface area contributed by atoms with Crippen molar-refractivity contribution in [2.75, 3.05) is 44.0 Å². The third-order valence-corrected chi connectivity index (χ3v) is 6.42. The van der Waals surface area contributed by atoms with E-state index >= 15 is 0 Å². The molecule has 0 saturated heterocycles. The second kappa shape index (κ2) is 14.1. The molecule has 1 aromatic heterocycles. The lowest BCUT2D eigenvalue weighted by Crippen LogP contribution is -2.28. The number of nitrogens with one attached hydrogen (secondary N) is 2. The molecule has 0 bridgehead atoms. The van der Waals surface area contributed by atoms with E-state index in [-0.39, 0.29) is 62.4 Å². The number of hydrogen-bond acceptors (Lipinski definition) is 14. The summed E-state index contributed by atoms with van der Waals surface area (Å²) in [4.78, 5) is 47.1. The number of carbonyl (C=O) groups excluding carboxylic acids is 4. The maximum absolute atomic E-state index is 12.0. The van der Waals surface area contributed by atoms with E-state index < -0.39 is 49.4 Å². The topological polar surface area (TPSA) is 278 Å². The normalized spacial score (nSPS) is 11.1. The number of aromatic hydroxyl groups is 1. The highest BCUT2D eigenvalue weighted by Gasteiger charge is 2.20. The zero-order valence-electron chi connectivity index (χ0n) is 19.7. The lowest BCUT2D eigenvalue weighted by Gasteiger charge is -2.11. The molecule has 9 N–H and O–H groups in total. The molecule has 0 unspecified atom stereocenters. The van der Waals surface area contributed by atoms with Gasteiger partial charge in [-0.25, -0.2) is 13.6 Å². The van der Waals surface area contributed by atoms with Crippen molar-refractivity contribution < 1.29 is 46.9 Å². The molecule has 2 aromatic rings. The van der Waals surface area contributed by atoms with Crippen LogP contribution in [-0.4, -0.2) is 80.4 Å². The molecule has 0 aliphatic heterocycles. The number of phenols is 1. The summed E-state index contributed by atoms with van der Waals surface area (Å²) in [5.41, 5.74) is 10.1. The Bertz CT molecular complexity index is 1280. The van der Waals surface area contributed by atoms with Crippen LogP contribution in [0.2, 0.25) is 0 Å². The van der Waals surface area contributed by atoms with E-state index in [4.69, 9.17) is 30.8 Å². The quantitative estimate of drug-likeness (QED) is 0.0336. The maximum Gasteiger partial charge on any atom is 0.311 e. The molecule has 2 rings (SSSR count). The number of aromatic nitrogens is 2. The maximum atomic E-state index is 12.0. The van der Waals surface area contributed by atoms with E-state index in [1.54, 1.807) is 0 Å². The van der Waals surface area contributed by atoms with Gasteiger partial charge in [-0.1, -0.05) is 11.3 Å². The molecule has 0 spiro atoms. The van der Waals surface area contributed by atoms with Crippen LogP contribution in [0.25, 0.3) is 0 Å². The van der Waals surface area contributed by atoms with Crippen LogP contribution < -0.4 is 32.0 Å². The van der Waals surface area contributed by atoms with Gasteiger partial charge in [-0.3, -0.25) is 24.5 Å². The van der Waals surface area contributed by atoms with Gasteiger partial charge < -0.3 is 36.1 Å². The van der Waals surface area contributed by atoms with Crippen molar-refractivity contribution in [2.45, 2.75) is 17.2 Å². The number of sulfonamides is 1. The number of rotatable bonds is 15. The number of hydrogen-bond donors (Lipinski definition) is 6. The largest absolute Gasteiger partial charge is 0.505 e. The zero-order chi connectivity index (χ0) is 28.3. The van der Waals surface area contributed by atoms with Crippen LogP contribution in [0.5, 0.6) is 11.5 Å². The van der Waals surface area contributed by atoms with Gasteiger partial charge in [0, 0.05) is 13.0 Å². The number of amides is 3. The van der Waals surface area contributed by atoms with Gasteiger partial charge in [0.05, 0.1) is 31.9 Å². The second-order valence-corrected chi connectivity index (χ2v) is 9.91. The molecular weight excluding hydrogens is 550 g/mol. The van der Waals surface area contributed by atoms with E-state index in [0.717, 1.165) is 0 Å². The minimum absolute atomic E-state index is 0.0529. The minimum Gasteiger partial charge on any atom is -0.505 e. The van der Waals surface area contributed by atoms with Crippen molar-refractivity contribution in [3.8, 4) is 11.5 Å². The fourth-order valence-corrected chi connectivity index (χ4v) is 3.92. The first-order valence-corrected chi connectivity index (χ1v) is 12.9. The predicted octanol–water partition coefficient (Wildman–Crippen LogP) is -1.95. The lowest BCUT2D eigenvalue weighted by atomic mass is 10.1. The van der Waals surface area contributed by atoms with Crippen molar-refractivity contribution in [3.63, 3.8) is 0 Å². The van der Waals surface area contributed by atoms with Gasteiger partial charge >= 0.3 is 5.97 Å². The fourth-order valence-electron chi connectivity index (χ4n) is 2.57. The molecule has 208 valence electrons. The summed E-state index contributed by atoms with van der Waals surface area (Å²) in [7, 11) is -4.01. The summed E-state index contributed by atoms with van der Waals surface area (Å²) in [5, 5.41) is 26.3. The first kappa shape index (κ1) is 30.3. The monoisotopic (exact) mass is 575 g/mol. The standard InChI is InChI=1S/C19H25N7O10S2/c20-10-1-2-11(15(16(10)30)17(21)31)36-14(29)4-3-12(27)23-5-6-34-7-8-35-9-13(28)24-18-25-26-19(37-18)38(22,32)33/h1-2,30H,3-9,20H2,(H2,21,31)(H,23,27)(H2,22,32,33)(H,24,25,28). The average molecular weight is 576 g/mol. The first-order chi connectivity index (χ1) is 17.9. The van der Waals surface area contributed by atoms with Gasteiger partial charge in [-0.2, -0.15) is 0 Å². The molecule has 19 heteroatoms. The smallest absolute Gasteiger partial charge is 0.311 e. The molecule has 1 heterocycles. The Kier molecular flexibility index (Phi) is 11.3. The Morgan fingerprint density at radius 2 is 1.74 bits per heavy atom. The molecule has 38 heavy (non-hydrogen) atoms. The van der Waals surface area contributed by atoms with Crippen LogP contribution >= 0.6 is 11.3 Å². The average Bonchev–Trinajstić information content (AvgIpc) is 3.30. The number of primary sulfonamides is 1. The molecule has 3 amide bonds. The molecule has 0 atom stereocenters. The number of primary amides is 1. The Morgan fingerprint density at radius 1 is 1.03 bits per heavy atom. The summed E-state index contributed by atoms with van der Waals surface area (Å²) >= 11 is 0.593. The van der Waals surface area contributed by atoms with Crippen molar-refractivity contribution in [2.24, 2.45) is 10.9 Å². The van der Waals surface area contributed by atoms with Crippen LogP contribution in [0.3, 0.4) is 0 Å². The van der Waals surface area contributed by atoms with Gasteiger partial charge in [-0.05, 0) is 12.1 Å². The van der Waals surface area contributed by atoms with Crippen LogP contribution in [0.1, 0.15) is 23.2 Å². The van der Waals surface area contributed by atoms with Crippen LogP contribution in [0, 0.1) is 0 Å². The number of carbonyl (C=O) groups is 4. The number of nitrogen functional groups attached to an aromatic ring is 1. The van der Waals surface area contributed by atoms with E-state index in [9.17, 15) is 32.7 Å². The number of ether oxygens (including phenoxy) is 3. The second-order valence-electron chi connectivity index (χ2n) is 7.20. The van der Waals surface area contributed by atoms with E-state index in [0.29, 0.717) is 11.3 Å². The summed E-state index contributed by atoms with van der Waals surface area (Å²) in [6, 6.07) is 2.43. The Morgan fingerprint density at radius 3 is 2.39 bits per heavy atom. The predicted molar refractivity (Wildman–Crippen MR) is 130 cm³/mol. The first-order valence-electron chi connectivity index (χ1n) is 10.6. The van der Waals surface area contributed by atoms with Crippen LogP contribution in [-0.2, 0) is 33.9 Å². The molecule has 17 nitrogen and oxygen atoms in total. The summed E-state index contributed by atoms with van der Waals surface area (Å²) in [6.45, 7) is 0.0760. The molecule has 1 aromatic carbocycles. The number of nitrogens with two attached hydrogens (primary N) is 3. The van der Waals surface area contributed by atoms with Crippen LogP contribution in [0.15, 0.2) is 16.5 Å². The molecule has 0 saturated carbocycles. The van der Waals surface area contributed by atoms with Gasteiger partial charge in [0.1, 0.15) is 17.9 Å². The zero-order valence-corrected chi connectivity index (χ0v) is 21.3. The van der Waals surface area contributed by atoms with Crippen molar-refractivity contribution >= 4 is 55.9 Å². The molecule has 0 aliphatic rings. The Hall–Kier alpha value is -3.91. The third kappa shape index (κ3) is 9.86. The highest BCUT2D eigenvalue weighted by molar-refractivity contribution is 7.91. The fraction of sp³-hybridized carbons (Fsp3) is 0.368. The van der Waals surface area contributed by atoms with Gasteiger partial charge in [0.15, 0.2) is 5.75 Å². The number of esters is 1. The molecule has 0 radical (unpaired) electrons. The Labute approximate surface area is 219 Å². The number of benzene rings is 1. The van der Waals surface area contributed by atoms with E-state index in [2.05, 4.69) is 20.8 Å². The van der Waals surface area contributed by atoms with Gasteiger partial charge in [0.25, 0.3) is 21.8 Å². The highest BCUT2D eigenvalue weighted by Crippen LogP contribution is 2.32. The SMILES string of the molecule is NC(=O)c1c(OC(=O)CCC(=O)NCCOCCOCC(=O)Nc2nnc(S(N)(=O)=O)s2)ccc(N)c1O. The van der Waals surface area contributed by atoms with Gasteiger partial charge in [-0.15, -0.1) is 10.2 Å². The van der Waals surface area contributed by atoms with E-state index in [1.807, 2.05) is 0 Å². The van der Waals surface area contributed by atoms with Crippen molar-refractivity contribution in [1.82, 2.24) is 15.5 Å². The van der Waals surface area contributed by atoms with E-state index in [1.165, 1.54) is 12.1 Å². The van der Waals surface area contributed by atoms with Crippen LogP contribution in [0.4, 0.5) is 10.8 Å². The lowest BCUT2D eigenvalue weighted by molar-refractivity contribution is -0.136. The Balaban J connectivity index is 1.55. The number of anilines is 2. The summed E-state index contributed by atoms with van der Waals surface area (Å²) < 4.78 is 37.2. The van der Waals surface area contributed by atoms with Crippen molar-refractivity contribution in [3.05, 3.63) is 17.7 Å². The van der Waals surface area contributed by atoms with Gasteiger partial charge in [0.2, 0.25) is 15.4 Å². The molecule has 0 aliphatic carbocycles. The minimum atomic E-state index is -4.01. The highest BCUT2D eigenvalue weighted by atomic mass is 32.2.